The van der Waals surface area contributed by atoms with Gasteiger partial charge in [-0.15, -0.1) is 5.10 Å². The Hall–Kier alpha value is -1.84. The molecule has 0 spiro atoms. The Labute approximate surface area is 110 Å². The Morgan fingerprint density at radius 3 is 2.83 bits per heavy atom. The second-order valence-corrected chi connectivity index (χ2v) is 4.48. The molecule has 2 rings (SSSR count). The van der Waals surface area contributed by atoms with Gasteiger partial charge in [-0.3, -0.25) is 0 Å². The lowest BCUT2D eigenvalue weighted by Crippen LogP contribution is -2.07. The van der Waals surface area contributed by atoms with Crippen LogP contribution in [0.2, 0.25) is 0 Å². The van der Waals surface area contributed by atoms with Crippen LogP contribution in [0.4, 0.5) is 5.82 Å². The molecule has 0 N–H and O–H groups in total. The van der Waals surface area contributed by atoms with Crippen molar-refractivity contribution in [2.45, 2.75) is 26.4 Å². The van der Waals surface area contributed by atoms with Crippen molar-refractivity contribution in [3.63, 3.8) is 0 Å². The Morgan fingerprint density at radius 2 is 2.28 bits per heavy atom. The number of aryl methyl sites for hydroxylation is 3. The first-order valence-electron chi connectivity index (χ1n) is 5.18. The van der Waals surface area contributed by atoms with E-state index in [0.717, 1.165) is 12.2 Å². The third-order valence-electron chi connectivity index (χ3n) is 2.34. The number of halogens is 1. The highest BCUT2D eigenvalue weighted by Gasteiger charge is 2.18. The Bertz CT molecular complexity index is 564. The molecule has 0 bridgehead atoms. The smallest absolute Gasteiger partial charge is 0.358 e. The molecule has 2 aromatic heterocycles. The highest BCUT2D eigenvalue weighted by Crippen LogP contribution is 2.21. The summed E-state index contributed by atoms with van der Waals surface area (Å²) in [5.41, 5.74) is 0. The van der Waals surface area contributed by atoms with Crippen LogP contribution in [-0.4, -0.2) is 34.9 Å². The van der Waals surface area contributed by atoms with E-state index in [2.05, 4.69) is 36.6 Å². The van der Waals surface area contributed by atoms with Crippen LogP contribution in [0.5, 0.6) is 0 Å². The van der Waals surface area contributed by atoms with Crippen LogP contribution >= 0.6 is 15.9 Å². The van der Waals surface area contributed by atoms with Crippen molar-refractivity contribution in [2.75, 3.05) is 0 Å². The third kappa shape index (κ3) is 2.70. The average Bonchev–Trinajstić information content (AvgIpc) is 2.86. The highest BCUT2D eigenvalue weighted by atomic mass is 79.9. The van der Waals surface area contributed by atoms with Crippen molar-refractivity contribution in [2.24, 2.45) is 0 Å². The van der Waals surface area contributed by atoms with Crippen LogP contribution in [-0.2, 0) is 13.1 Å². The first-order valence-corrected chi connectivity index (χ1v) is 5.97. The fourth-order valence-electron chi connectivity index (χ4n) is 1.46. The summed E-state index contributed by atoms with van der Waals surface area (Å²) in [6.07, 6.45) is 2.32. The SMILES string of the molecule is Cc1nnnn1CCCn1cc(Br)c([N+](=O)[O-])n1. The van der Waals surface area contributed by atoms with E-state index in [1.807, 2.05) is 6.92 Å². The molecule has 0 aliphatic rings. The summed E-state index contributed by atoms with van der Waals surface area (Å²) in [6, 6.07) is 0. The van der Waals surface area contributed by atoms with Crippen LogP contribution in [0, 0.1) is 17.0 Å². The highest BCUT2D eigenvalue weighted by molar-refractivity contribution is 9.10. The topological polar surface area (TPSA) is 105 Å². The molecular weight excluding hydrogens is 306 g/mol. The summed E-state index contributed by atoms with van der Waals surface area (Å²) >= 11 is 3.10. The largest absolute Gasteiger partial charge is 0.404 e. The van der Waals surface area contributed by atoms with Crippen LogP contribution in [0.25, 0.3) is 0 Å². The summed E-state index contributed by atoms with van der Waals surface area (Å²) in [5, 5.41) is 25.6. The minimum Gasteiger partial charge on any atom is -0.358 e. The molecule has 0 radical (unpaired) electrons. The van der Waals surface area contributed by atoms with Crippen molar-refractivity contribution in [3.05, 3.63) is 26.6 Å². The molecule has 96 valence electrons. The number of hydrogen-bond donors (Lipinski definition) is 0. The van der Waals surface area contributed by atoms with Crippen LogP contribution in [0.3, 0.4) is 0 Å². The number of nitro groups is 1. The van der Waals surface area contributed by atoms with Crippen molar-refractivity contribution in [1.82, 2.24) is 30.0 Å². The molecule has 0 saturated carbocycles. The molecule has 0 aromatic carbocycles. The van der Waals surface area contributed by atoms with E-state index in [1.165, 1.54) is 4.68 Å². The normalized spacial score (nSPS) is 10.8. The van der Waals surface area contributed by atoms with E-state index in [0.29, 0.717) is 17.6 Å². The molecule has 0 atom stereocenters. The summed E-state index contributed by atoms with van der Waals surface area (Å²) in [5.74, 6) is 0.566. The zero-order valence-electron chi connectivity index (χ0n) is 9.52. The van der Waals surface area contributed by atoms with E-state index in [9.17, 15) is 10.1 Å². The Balaban J connectivity index is 1.93. The molecule has 18 heavy (non-hydrogen) atoms. The molecule has 0 amide bonds. The number of hydrogen-bond acceptors (Lipinski definition) is 6. The zero-order chi connectivity index (χ0) is 13.1. The molecule has 9 nitrogen and oxygen atoms in total. The summed E-state index contributed by atoms with van der Waals surface area (Å²) in [6.45, 7) is 3.02. The molecule has 2 aromatic rings. The first-order chi connectivity index (χ1) is 8.58. The Kier molecular flexibility index (Phi) is 3.65. The van der Waals surface area contributed by atoms with Gasteiger partial charge in [-0.25, -0.2) is 4.68 Å². The minimum absolute atomic E-state index is 0.173. The molecule has 0 fully saturated rings. The average molecular weight is 316 g/mol. The standard InChI is InChI=1S/C8H10BrN7O2/c1-6-10-12-13-15(6)4-2-3-14-5-7(9)8(11-14)16(17)18/h5H,2-4H2,1H3. The molecule has 0 aliphatic carbocycles. The van der Waals surface area contributed by atoms with Crippen LogP contribution in [0.15, 0.2) is 10.7 Å². The zero-order valence-corrected chi connectivity index (χ0v) is 11.1. The van der Waals surface area contributed by atoms with E-state index >= 15 is 0 Å². The van der Waals surface area contributed by atoms with E-state index in [-0.39, 0.29) is 5.82 Å². The molecule has 2 heterocycles. The Morgan fingerprint density at radius 1 is 1.50 bits per heavy atom. The lowest BCUT2D eigenvalue weighted by atomic mass is 10.4. The van der Waals surface area contributed by atoms with Crippen LogP contribution < -0.4 is 0 Å². The maximum absolute atomic E-state index is 10.6. The predicted molar refractivity (Wildman–Crippen MR) is 63.8 cm³/mol. The van der Waals surface area contributed by atoms with Gasteiger partial charge < -0.3 is 10.1 Å². The van der Waals surface area contributed by atoms with Crippen molar-refractivity contribution in [1.29, 1.82) is 0 Å². The van der Waals surface area contributed by atoms with Gasteiger partial charge in [-0.2, -0.15) is 4.68 Å². The second-order valence-electron chi connectivity index (χ2n) is 3.62. The maximum Gasteiger partial charge on any atom is 0.404 e. The van der Waals surface area contributed by atoms with Gasteiger partial charge in [0.25, 0.3) is 0 Å². The number of aromatic nitrogens is 6. The van der Waals surface area contributed by atoms with Crippen molar-refractivity contribution < 1.29 is 4.92 Å². The van der Waals surface area contributed by atoms with Gasteiger partial charge in [0.15, 0.2) is 0 Å². The number of nitrogens with zero attached hydrogens (tertiary/aromatic N) is 7. The third-order valence-corrected chi connectivity index (χ3v) is 2.90. The van der Waals surface area contributed by atoms with Gasteiger partial charge in [-0.1, -0.05) is 0 Å². The second kappa shape index (κ2) is 5.21. The quantitative estimate of drug-likeness (QED) is 0.600. The van der Waals surface area contributed by atoms with E-state index in [4.69, 9.17) is 0 Å². The van der Waals surface area contributed by atoms with Crippen molar-refractivity contribution >= 4 is 21.7 Å². The maximum atomic E-state index is 10.6. The van der Waals surface area contributed by atoms with Gasteiger partial charge in [0.05, 0.1) is 17.8 Å². The fraction of sp³-hybridized carbons (Fsp3) is 0.500. The summed E-state index contributed by atoms with van der Waals surface area (Å²) < 4.78 is 3.58. The first kappa shape index (κ1) is 12.6. The van der Waals surface area contributed by atoms with Crippen molar-refractivity contribution in [3.8, 4) is 0 Å². The minimum atomic E-state index is -0.522. The summed E-state index contributed by atoms with van der Waals surface area (Å²) in [7, 11) is 0. The monoisotopic (exact) mass is 315 g/mol. The lowest BCUT2D eigenvalue weighted by Gasteiger charge is -1.99. The molecule has 0 unspecified atom stereocenters. The summed E-state index contributed by atoms with van der Waals surface area (Å²) in [4.78, 5) is 10.1. The van der Waals surface area contributed by atoms with Gasteiger partial charge in [0.2, 0.25) is 0 Å². The van der Waals surface area contributed by atoms with Gasteiger partial charge in [0.1, 0.15) is 10.3 Å². The van der Waals surface area contributed by atoms with Gasteiger partial charge in [0, 0.05) is 6.54 Å². The number of rotatable bonds is 5. The van der Waals surface area contributed by atoms with E-state index in [1.54, 1.807) is 10.9 Å². The van der Waals surface area contributed by atoms with Crippen LogP contribution in [0.1, 0.15) is 12.2 Å². The lowest BCUT2D eigenvalue weighted by molar-refractivity contribution is -0.390. The number of tetrazole rings is 1. The molecular formula is C8H10BrN7O2. The van der Waals surface area contributed by atoms with Gasteiger partial charge in [-0.05, 0) is 44.6 Å². The molecule has 10 heteroatoms. The molecule has 0 saturated heterocycles. The fourth-order valence-corrected chi connectivity index (χ4v) is 1.92. The van der Waals surface area contributed by atoms with Gasteiger partial charge >= 0.3 is 5.82 Å². The predicted octanol–water partition coefficient (Wildman–Crippen LogP) is 0.939. The van der Waals surface area contributed by atoms with E-state index < -0.39 is 4.92 Å². The molecule has 0 aliphatic heterocycles.